The second-order valence-electron chi connectivity index (χ2n) is 11.1. The fourth-order valence-corrected chi connectivity index (χ4v) is 5.03. The van der Waals surface area contributed by atoms with Crippen molar-refractivity contribution in [2.45, 2.75) is 65.2 Å². The van der Waals surface area contributed by atoms with Crippen molar-refractivity contribution in [2.24, 2.45) is 5.92 Å². The van der Waals surface area contributed by atoms with Crippen LogP contribution in [0.25, 0.3) is 6.08 Å². The van der Waals surface area contributed by atoms with Gasteiger partial charge >= 0.3 is 11.9 Å². The molecule has 1 atom stereocenters. The molecular formula is C37H55NO7. The standard InChI is InChI=1S/C37H55NO7/c1-5-43-36(39)17-11-8-14-31(30-32-19-22-34(23-20-32)37(40)44-6-2)18-21-33-15-9-10-16-35(33)45-27-13-7-12-24-38(25-28-41-3)26-29-42-4/h9-10,15-16,18-23,31H,5-8,11-14,17,24-30H2,1-4H3. The molecule has 0 heterocycles. The summed E-state index contributed by atoms with van der Waals surface area (Å²) in [5, 5.41) is 0. The van der Waals surface area contributed by atoms with Gasteiger partial charge in [-0.25, -0.2) is 4.79 Å². The fourth-order valence-electron chi connectivity index (χ4n) is 5.03. The molecule has 0 aliphatic rings. The zero-order valence-electron chi connectivity index (χ0n) is 28.0. The Bertz CT molecular complexity index is 1090. The SMILES string of the molecule is CCOC(=O)CCCCC(C=Cc1ccccc1OCCCCCN(CCOC)CCOC)Cc1ccc(C(=O)OCC)cc1. The van der Waals surface area contributed by atoms with Crippen LogP contribution in [-0.2, 0) is 30.2 Å². The zero-order valence-corrected chi connectivity index (χ0v) is 28.0. The number of hydrogen-bond donors (Lipinski definition) is 0. The molecule has 0 saturated carbocycles. The summed E-state index contributed by atoms with van der Waals surface area (Å²) >= 11 is 0. The van der Waals surface area contributed by atoms with E-state index in [9.17, 15) is 9.59 Å². The number of allylic oxidation sites excluding steroid dienone is 1. The molecule has 0 bridgehead atoms. The lowest BCUT2D eigenvalue weighted by molar-refractivity contribution is -0.143. The Balaban J connectivity index is 1.96. The lowest BCUT2D eigenvalue weighted by atomic mass is 9.92. The highest BCUT2D eigenvalue weighted by Gasteiger charge is 2.11. The molecule has 8 heteroatoms. The maximum absolute atomic E-state index is 12.1. The Morgan fingerprint density at radius 3 is 2.18 bits per heavy atom. The van der Waals surface area contributed by atoms with E-state index in [1.54, 1.807) is 21.1 Å². The summed E-state index contributed by atoms with van der Waals surface area (Å²) in [5.74, 6) is 0.699. The first-order valence-corrected chi connectivity index (χ1v) is 16.5. The molecule has 0 aliphatic carbocycles. The predicted molar refractivity (Wildman–Crippen MR) is 180 cm³/mol. The number of carbonyl (C=O) groups is 2. The van der Waals surface area contributed by atoms with Crippen LogP contribution < -0.4 is 4.74 Å². The number of esters is 2. The van der Waals surface area contributed by atoms with Crippen molar-refractivity contribution in [1.29, 1.82) is 0 Å². The van der Waals surface area contributed by atoms with Gasteiger partial charge in [0, 0.05) is 39.3 Å². The number of unbranched alkanes of at least 4 members (excludes halogenated alkanes) is 3. The minimum atomic E-state index is -0.304. The van der Waals surface area contributed by atoms with Gasteiger partial charge in [-0.15, -0.1) is 0 Å². The summed E-state index contributed by atoms with van der Waals surface area (Å²) in [7, 11) is 3.47. The van der Waals surface area contributed by atoms with Crippen LogP contribution in [0.1, 0.15) is 80.3 Å². The maximum atomic E-state index is 12.1. The number of benzene rings is 2. The Labute approximate surface area is 271 Å². The van der Waals surface area contributed by atoms with Crippen LogP contribution in [0.3, 0.4) is 0 Å². The third kappa shape index (κ3) is 16.6. The van der Waals surface area contributed by atoms with Crippen molar-refractivity contribution < 1.29 is 33.3 Å². The number of para-hydroxylation sites is 1. The van der Waals surface area contributed by atoms with Crippen molar-refractivity contribution in [3.63, 3.8) is 0 Å². The minimum Gasteiger partial charge on any atom is -0.493 e. The third-order valence-corrected chi connectivity index (χ3v) is 7.54. The van der Waals surface area contributed by atoms with E-state index in [1.807, 2.05) is 49.4 Å². The maximum Gasteiger partial charge on any atom is 0.338 e. The van der Waals surface area contributed by atoms with Gasteiger partial charge in [0.15, 0.2) is 0 Å². The first-order valence-electron chi connectivity index (χ1n) is 16.5. The number of carbonyl (C=O) groups excluding carboxylic acids is 2. The van der Waals surface area contributed by atoms with Crippen molar-refractivity contribution in [3.05, 3.63) is 71.3 Å². The van der Waals surface area contributed by atoms with Crippen LogP contribution in [0.4, 0.5) is 0 Å². The van der Waals surface area contributed by atoms with E-state index in [-0.39, 0.29) is 17.9 Å². The Morgan fingerprint density at radius 1 is 0.778 bits per heavy atom. The van der Waals surface area contributed by atoms with Gasteiger partial charge in [-0.05, 0) is 88.6 Å². The molecule has 2 aromatic rings. The molecule has 0 radical (unpaired) electrons. The quantitative estimate of drug-likeness (QED) is 0.0862. The van der Waals surface area contributed by atoms with E-state index < -0.39 is 0 Å². The predicted octanol–water partition coefficient (Wildman–Crippen LogP) is 7.00. The van der Waals surface area contributed by atoms with Crippen molar-refractivity contribution in [1.82, 2.24) is 4.90 Å². The summed E-state index contributed by atoms with van der Waals surface area (Å²) in [6.07, 6.45) is 11.5. The van der Waals surface area contributed by atoms with Gasteiger partial charge in [-0.1, -0.05) is 48.9 Å². The highest BCUT2D eigenvalue weighted by molar-refractivity contribution is 5.89. The van der Waals surface area contributed by atoms with Gasteiger partial charge in [0.2, 0.25) is 0 Å². The van der Waals surface area contributed by atoms with E-state index in [0.29, 0.717) is 31.8 Å². The molecule has 0 amide bonds. The average molecular weight is 626 g/mol. The first-order chi connectivity index (χ1) is 22.0. The lowest BCUT2D eigenvalue weighted by Gasteiger charge is -2.21. The minimum absolute atomic E-state index is 0.139. The number of methoxy groups -OCH3 is 2. The molecule has 1 unspecified atom stereocenters. The van der Waals surface area contributed by atoms with Crippen LogP contribution in [0.15, 0.2) is 54.6 Å². The lowest BCUT2D eigenvalue weighted by Crippen LogP contribution is -2.31. The molecule has 0 aromatic heterocycles. The van der Waals surface area contributed by atoms with Gasteiger partial charge < -0.3 is 23.7 Å². The number of ether oxygens (including phenoxy) is 5. The molecule has 8 nitrogen and oxygen atoms in total. The summed E-state index contributed by atoms with van der Waals surface area (Å²) < 4.78 is 26.9. The molecule has 0 aliphatic heterocycles. The summed E-state index contributed by atoms with van der Waals surface area (Å²) in [4.78, 5) is 26.3. The zero-order chi connectivity index (χ0) is 32.5. The second kappa shape index (κ2) is 24.1. The summed E-state index contributed by atoms with van der Waals surface area (Å²) in [6.45, 7) is 9.40. The van der Waals surface area contributed by atoms with E-state index in [0.717, 1.165) is 94.7 Å². The first kappa shape index (κ1) is 38.0. The number of rotatable bonds is 25. The monoisotopic (exact) mass is 625 g/mol. The van der Waals surface area contributed by atoms with E-state index in [4.69, 9.17) is 23.7 Å². The van der Waals surface area contributed by atoms with Crippen LogP contribution in [0.2, 0.25) is 0 Å². The van der Waals surface area contributed by atoms with Crippen molar-refractivity contribution in [2.75, 3.05) is 66.9 Å². The van der Waals surface area contributed by atoms with Gasteiger partial charge in [-0.3, -0.25) is 9.69 Å². The highest BCUT2D eigenvalue weighted by atomic mass is 16.5. The van der Waals surface area contributed by atoms with Crippen molar-refractivity contribution >= 4 is 18.0 Å². The number of hydrogen-bond acceptors (Lipinski definition) is 8. The molecule has 0 fully saturated rings. The summed E-state index contributed by atoms with van der Waals surface area (Å²) in [5.41, 5.74) is 2.76. The topological polar surface area (TPSA) is 83.5 Å². The van der Waals surface area contributed by atoms with Gasteiger partial charge in [-0.2, -0.15) is 0 Å². The summed E-state index contributed by atoms with van der Waals surface area (Å²) in [6, 6.07) is 15.8. The van der Waals surface area contributed by atoms with Gasteiger partial charge in [0.1, 0.15) is 5.75 Å². The molecule has 0 saturated heterocycles. The Kier molecular flexibility index (Phi) is 20.3. The van der Waals surface area contributed by atoms with Crippen LogP contribution in [-0.4, -0.2) is 83.7 Å². The molecule has 250 valence electrons. The smallest absolute Gasteiger partial charge is 0.338 e. The molecule has 45 heavy (non-hydrogen) atoms. The third-order valence-electron chi connectivity index (χ3n) is 7.54. The molecule has 0 N–H and O–H groups in total. The van der Waals surface area contributed by atoms with Crippen LogP contribution >= 0.6 is 0 Å². The molecule has 2 rings (SSSR count). The molecule has 2 aromatic carbocycles. The van der Waals surface area contributed by atoms with E-state index in [1.165, 1.54) is 0 Å². The van der Waals surface area contributed by atoms with Gasteiger partial charge in [0.05, 0.1) is 38.6 Å². The largest absolute Gasteiger partial charge is 0.493 e. The highest BCUT2D eigenvalue weighted by Crippen LogP contribution is 2.24. The van der Waals surface area contributed by atoms with Crippen LogP contribution in [0.5, 0.6) is 5.75 Å². The van der Waals surface area contributed by atoms with Gasteiger partial charge in [0.25, 0.3) is 0 Å². The van der Waals surface area contributed by atoms with Crippen LogP contribution in [0, 0.1) is 5.92 Å². The molecular weight excluding hydrogens is 570 g/mol. The Hall–Kier alpha value is -3.20. The number of nitrogens with zero attached hydrogens (tertiary/aromatic N) is 1. The average Bonchev–Trinajstić information content (AvgIpc) is 3.05. The Morgan fingerprint density at radius 2 is 1.49 bits per heavy atom. The molecule has 0 spiro atoms. The van der Waals surface area contributed by atoms with Crippen molar-refractivity contribution in [3.8, 4) is 5.75 Å². The van der Waals surface area contributed by atoms with E-state index >= 15 is 0 Å². The second-order valence-corrected chi connectivity index (χ2v) is 11.1. The normalized spacial score (nSPS) is 12.0. The fraction of sp³-hybridized carbons (Fsp3) is 0.568. The van der Waals surface area contributed by atoms with E-state index in [2.05, 4.69) is 23.1 Å².